The third-order valence-electron chi connectivity index (χ3n) is 4.68. The van der Waals surface area contributed by atoms with Crippen molar-refractivity contribution in [1.82, 2.24) is 4.98 Å². The van der Waals surface area contributed by atoms with E-state index in [4.69, 9.17) is 16.3 Å². The van der Waals surface area contributed by atoms with Gasteiger partial charge in [0.05, 0.1) is 23.9 Å². The van der Waals surface area contributed by atoms with Gasteiger partial charge in [0.15, 0.2) is 0 Å². The third kappa shape index (κ3) is 4.16. The molecule has 3 aromatic rings. The monoisotopic (exact) mass is 393 g/mol. The van der Waals surface area contributed by atoms with Crippen LogP contribution in [0.1, 0.15) is 10.4 Å². The summed E-state index contributed by atoms with van der Waals surface area (Å²) in [6.45, 7) is 3.27. The SMILES string of the molecule is O=C(Nc1ccc(N2CCOCC2)cc1)c1ccc(-c2ncccc2Cl)cc1. The Morgan fingerprint density at radius 1 is 1.00 bits per heavy atom. The van der Waals surface area contributed by atoms with E-state index < -0.39 is 0 Å². The minimum atomic E-state index is -0.155. The van der Waals surface area contributed by atoms with Crippen molar-refractivity contribution in [2.45, 2.75) is 0 Å². The lowest BCUT2D eigenvalue weighted by Crippen LogP contribution is -2.36. The van der Waals surface area contributed by atoms with E-state index in [-0.39, 0.29) is 5.91 Å². The van der Waals surface area contributed by atoms with Crippen molar-refractivity contribution >= 4 is 28.9 Å². The lowest BCUT2D eigenvalue weighted by molar-refractivity contribution is 0.102. The van der Waals surface area contributed by atoms with Gasteiger partial charge in [-0.15, -0.1) is 0 Å². The molecule has 1 N–H and O–H groups in total. The van der Waals surface area contributed by atoms with Crippen molar-refractivity contribution < 1.29 is 9.53 Å². The largest absolute Gasteiger partial charge is 0.378 e. The molecule has 1 aromatic heterocycles. The molecule has 0 bridgehead atoms. The van der Waals surface area contributed by atoms with Gasteiger partial charge in [-0.1, -0.05) is 23.7 Å². The van der Waals surface area contributed by atoms with Crippen LogP contribution in [0.5, 0.6) is 0 Å². The molecule has 142 valence electrons. The molecule has 1 aliphatic rings. The number of pyridine rings is 1. The van der Waals surface area contributed by atoms with Crippen LogP contribution in [-0.4, -0.2) is 37.2 Å². The number of hydrogen-bond acceptors (Lipinski definition) is 4. The number of nitrogens with one attached hydrogen (secondary N) is 1. The number of benzene rings is 2. The minimum absolute atomic E-state index is 0.155. The van der Waals surface area contributed by atoms with Gasteiger partial charge in [-0.2, -0.15) is 0 Å². The van der Waals surface area contributed by atoms with Crippen molar-refractivity contribution in [2.24, 2.45) is 0 Å². The standard InChI is InChI=1S/C22H20ClN3O2/c23-20-2-1-11-24-21(20)16-3-5-17(6-4-16)22(27)25-18-7-9-19(10-8-18)26-12-14-28-15-13-26/h1-11H,12-15H2,(H,25,27). The quantitative estimate of drug-likeness (QED) is 0.709. The highest BCUT2D eigenvalue weighted by atomic mass is 35.5. The third-order valence-corrected chi connectivity index (χ3v) is 4.99. The van der Waals surface area contributed by atoms with Crippen LogP contribution in [0.3, 0.4) is 0 Å². The van der Waals surface area contributed by atoms with Crippen LogP contribution in [-0.2, 0) is 4.74 Å². The van der Waals surface area contributed by atoms with E-state index in [0.29, 0.717) is 16.3 Å². The van der Waals surface area contributed by atoms with Crippen LogP contribution < -0.4 is 10.2 Å². The number of carbonyl (C=O) groups excluding carboxylic acids is 1. The fourth-order valence-corrected chi connectivity index (χ4v) is 3.39. The second kappa shape index (κ2) is 8.42. The fraction of sp³-hybridized carbons (Fsp3) is 0.182. The number of carbonyl (C=O) groups is 1. The van der Waals surface area contributed by atoms with Crippen molar-refractivity contribution in [3.05, 3.63) is 77.4 Å². The van der Waals surface area contributed by atoms with Crippen molar-refractivity contribution in [3.8, 4) is 11.3 Å². The minimum Gasteiger partial charge on any atom is -0.378 e. The maximum atomic E-state index is 12.5. The Hall–Kier alpha value is -2.89. The molecule has 0 unspecified atom stereocenters. The lowest BCUT2D eigenvalue weighted by atomic mass is 10.1. The highest BCUT2D eigenvalue weighted by Crippen LogP contribution is 2.25. The first-order valence-corrected chi connectivity index (χ1v) is 9.53. The summed E-state index contributed by atoms with van der Waals surface area (Å²) in [5.41, 5.74) is 4.05. The highest BCUT2D eigenvalue weighted by Gasteiger charge is 2.12. The van der Waals surface area contributed by atoms with Gasteiger partial charge in [-0.3, -0.25) is 9.78 Å². The number of aromatic nitrogens is 1. The van der Waals surface area contributed by atoms with Gasteiger partial charge in [0.25, 0.3) is 5.91 Å². The van der Waals surface area contributed by atoms with E-state index in [0.717, 1.165) is 43.2 Å². The summed E-state index contributed by atoms with van der Waals surface area (Å²) in [7, 11) is 0. The van der Waals surface area contributed by atoms with Crippen LogP contribution in [0.25, 0.3) is 11.3 Å². The molecule has 0 aliphatic carbocycles. The number of halogens is 1. The van der Waals surface area contributed by atoms with E-state index in [9.17, 15) is 4.79 Å². The zero-order valence-electron chi connectivity index (χ0n) is 15.3. The number of ether oxygens (including phenoxy) is 1. The predicted molar refractivity (Wildman–Crippen MR) is 112 cm³/mol. The summed E-state index contributed by atoms with van der Waals surface area (Å²) in [4.78, 5) is 19.1. The molecule has 2 aromatic carbocycles. The smallest absolute Gasteiger partial charge is 0.255 e. The molecular formula is C22H20ClN3O2. The molecule has 1 fully saturated rings. The molecule has 5 nitrogen and oxygen atoms in total. The Bertz CT molecular complexity index is 952. The Morgan fingerprint density at radius 3 is 2.39 bits per heavy atom. The number of anilines is 2. The summed E-state index contributed by atoms with van der Waals surface area (Å²) in [5, 5.41) is 3.52. The molecule has 0 saturated carbocycles. The van der Waals surface area contributed by atoms with Gasteiger partial charge in [-0.05, 0) is 48.5 Å². The summed E-state index contributed by atoms with van der Waals surface area (Å²) >= 11 is 6.19. The Labute approximate surface area is 168 Å². The molecule has 2 heterocycles. The Kier molecular flexibility index (Phi) is 5.55. The number of amides is 1. The molecule has 0 atom stereocenters. The first-order chi connectivity index (χ1) is 13.7. The highest BCUT2D eigenvalue weighted by molar-refractivity contribution is 6.33. The molecule has 4 rings (SSSR count). The van der Waals surface area contributed by atoms with Crippen LogP contribution in [0.2, 0.25) is 5.02 Å². The van der Waals surface area contributed by atoms with Crippen molar-refractivity contribution in [3.63, 3.8) is 0 Å². The van der Waals surface area contributed by atoms with Crippen LogP contribution >= 0.6 is 11.6 Å². The van der Waals surface area contributed by atoms with E-state index in [2.05, 4.69) is 15.2 Å². The summed E-state index contributed by atoms with van der Waals surface area (Å²) < 4.78 is 5.38. The van der Waals surface area contributed by atoms with Crippen LogP contribution in [0.15, 0.2) is 66.9 Å². The normalized spacial score (nSPS) is 14.0. The number of rotatable bonds is 4. The topological polar surface area (TPSA) is 54.5 Å². The maximum Gasteiger partial charge on any atom is 0.255 e. The molecule has 0 spiro atoms. The lowest BCUT2D eigenvalue weighted by Gasteiger charge is -2.28. The number of nitrogens with zero attached hydrogens (tertiary/aromatic N) is 2. The van der Waals surface area contributed by atoms with Crippen molar-refractivity contribution in [1.29, 1.82) is 0 Å². The Morgan fingerprint density at radius 2 is 1.71 bits per heavy atom. The molecule has 1 aliphatic heterocycles. The second-order valence-corrected chi connectivity index (χ2v) is 6.92. The summed E-state index contributed by atoms with van der Waals surface area (Å²) in [6, 6.07) is 18.7. The zero-order valence-corrected chi connectivity index (χ0v) is 16.0. The predicted octanol–water partition coefficient (Wildman–Crippen LogP) is 4.49. The van der Waals surface area contributed by atoms with Crippen molar-refractivity contribution in [2.75, 3.05) is 36.5 Å². The van der Waals surface area contributed by atoms with Crippen LogP contribution in [0, 0.1) is 0 Å². The van der Waals surface area contributed by atoms with E-state index in [1.165, 1.54) is 0 Å². The average Bonchev–Trinajstić information content (AvgIpc) is 2.75. The van der Waals surface area contributed by atoms with Gasteiger partial charge in [0, 0.05) is 41.8 Å². The van der Waals surface area contributed by atoms with E-state index in [1.807, 2.05) is 36.4 Å². The number of morpholine rings is 1. The van der Waals surface area contributed by atoms with Crippen LogP contribution in [0.4, 0.5) is 11.4 Å². The molecule has 6 heteroatoms. The molecule has 0 radical (unpaired) electrons. The second-order valence-electron chi connectivity index (χ2n) is 6.51. The van der Waals surface area contributed by atoms with Gasteiger partial charge in [-0.25, -0.2) is 0 Å². The molecule has 1 amide bonds. The Balaban J connectivity index is 1.43. The van der Waals surface area contributed by atoms with Gasteiger partial charge in [0.1, 0.15) is 0 Å². The summed E-state index contributed by atoms with van der Waals surface area (Å²) in [5.74, 6) is -0.155. The van der Waals surface area contributed by atoms with Gasteiger partial charge < -0.3 is 15.0 Å². The van der Waals surface area contributed by atoms with Gasteiger partial charge in [0.2, 0.25) is 0 Å². The average molecular weight is 394 g/mol. The van der Waals surface area contributed by atoms with E-state index in [1.54, 1.807) is 30.5 Å². The van der Waals surface area contributed by atoms with Gasteiger partial charge >= 0.3 is 0 Å². The molecular weight excluding hydrogens is 374 g/mol. The van der Waals surface area contributed by atoms with E-state index >= 15 is 0 Å². The summed E-state index contributed by atoms with van der Waals surface area (Å²) in [6.07, 6.45) is 1.70. The molecule has 1 saturated heterocycles. The number of hydrogen-bond donors (Lipinski definition) is 1. The fourth-order valence-electron chi connectivity index (χ4n) is 3.16. The molecule has 28 heavy (non-hydrogen) atoms. The zero-order chi connectivity index (χ0) is 19.3. The first-order valence-electron chi connectivity index (χ1n) is 9.16. The maximum absolute atomic E-state index is 12.5. The first kappa shape index (κ1) is 18.5.